The quantitative estimate of drug-likeness (QED) is 0.380. The molecule has 4 heterocycles. The van der Waals surface area contributed by atoms with Gasteiger partial charge >= 0.3 is 6.09 Å². The van der Waals surface area contributed by atoms with Crippen molar-refractivity contribution in [2.24, 2.45) is 7.05 Å². The molecule has 0 saturated carbocycles. The molecule has 12 heteroatoms. The Morgan fingerprint density at radius 3 is 2.46 bits per heavy atom. The summed E-state index contributed by atoms with van der Waals surface area (Å²) in [6, 6.07) is 3.77. The second-order valence-corrected chi connectivity index (χ2v) is 11.9. The molecular weight excluding hydrogens is 524 g/mol. The number of nitrogens with zero attached hydrogens (tertiary/aromatic N) is 7. The summed E-state index contributed by atoms with van der Waals surface area (Å²) in [5.41, 5.74) is 2.57. The number of piperidine rings is 1. The SMILES string of the molecule is COc1nc(NC(=O)c2ccc(N3CCC(C)(N(C)C(=O)OC(C)(C)C)CC3)c3cn(C)nc23)cn2cc(C)nc12. The van der Waals surface area contributed by atoms with E-state index in [1.54, 1.807) is 26.2 Å². The van der Waals surface area contributed by atoms with Crippen molar-refractivity contribution in [2.45, 2.75) is 58.6 Å². The van der Waals surface area contributed by atoms with Crippen LogP contribution in [0.3, 0.4) is 0 Å². The van der Waals surface area contributed by atoms with E-state index >= 15 is 0 Å². The Morgan fingerprint density at radius 1 is 1.10 bits per heavy atom. The molecule has 1 aliphatic heterocycles. The van der Waals surface area contributed by atoms with Crippen molar-refractivity contribution >= 4 is 40.1 Å². The maximum atomic E-state index is 13.5. The summed E-state index contributed by atoms with van der Waals surface area (Å²) < 4.78 is 14.5. The molecule has 0 spiro atoms. The number of nitrogens with one attached hydrogen (secondary N) is 1. The van der Waals surface area contributed by atoms with Gasteiger partial charge in [-0.25, -0.2) is 9.78 Å². The van der Waals surface area contributed by atoms with Crippen molar-refractivity contribution in [2.75, 3.05) is 37.5 Å². The molecule has 0 radical (unpaired) electrons. The van der Waals surface area contributed by atoms with Crippen LogP contribution in [0.1, 0.15) is 56.6 Å². The summed E-state index contributed by atoms with van der Waals surface area (Å²) in [4.78, 5) is 39.1. The van der Waals surface area contributed by atoms with E-state index in [9.17, 15) is 9.59 Å². The van der Waals surface area contributed by atoms with Crippen LogP contribution in [0.4, 0.5) is 16.3 Å². The molecule has 5 rings (SSSR count). The summed E-state index contributed by atoms with van der Waals surface area (Å²) in [7, 11) is 5.18. The number of amides is 2. The molecule has 0 unspecified atom stereocenters. The first-order valence-corrected chi connectivity index (χ1v) is 13.7. The Bertz CT molecular complexity index is 1630. The Morgan fingerprint density at radius 2 is 1.80 bits per heavy atom. The Kier molecular flexibility index (Phi) is 7.04. The smallest absolute Gasteiger partial charge is 0.410 e. The highest BCUT2D eigenvalue weighted by Crippen LogP contribution is 2.35. The van der Waals surface area contributed by atoms with E-state index < -0.39 is 5.60 Å². The van der Waals surface area contributed by atoms with E-state index in [4.69, 9.17) is 9.47 Å². The first-order chi connectivity index (χ1) is 19.3. The van der Waals surface area contributed by atoms with E-state index in [2.05, 4.69) is 32.2 Å². The zero-order valence-corrected chi connectivity index (χ0v) is 25.0. The van der Waals surface area contributed by atoms with Gasteiger partial charge in [-0.2, -0.15) is 10.1 Å². The number of fused-ring (bicyclic) bond motifs is 2. The van der Waals surface area contributed by atoms with Crippen molar-refractivity contribution in [3.63, 3.8) is 0 Å². The lowest BCUT2D eigenvalue weighted by molar-refractivity contribution is 0.00347. The highest BCUT2D eigenvalue weighted by molar-refractivity contribution is 6.13. The number of carbonyl (C=O) groups is 2. The highest BCUT2D eigenvalue weighted by atomic mass is 16.6. The molecule has 1 N–H and O–H groups in total. The summed E-state index contributed by atoms with van der Waals surface area (Å²) in [5, 5.41) is 8.41. The van der Waals surface area contributed by atoms with Crippen LogP contribution in [0.25, 0.3) is 16.6 Å². The molecule has 1 aliphatic rings. The number of aromatic nitrogens is 5. The second kappa shape index (κ2) is 10.2. The summed E-state index contributed by atoms with van der Waals surface area (Å²) in [6.07, 6.45) is 6.72. The number of benzene rings is 1. The fraction of sp³-hybridized carbons (Fsp3) is 0.483. The Balaban J connectivity index is 1.37. The highest BCUT2D eigenvalue weighted by Gasteiger charge is 2.38. The summed E-state index contributed by atoms with van der Waals surface area (Å²) in [6.45, 7) is 11.1. The van der Waals surface area contributed by atoms with Gasteiger partial charge in [0.1, 0.15) is 11.1 Å². The van der Waals surface area contributed by atoms with Crippen LogP contribution in [-0.2, 0) is 11.8 Å². The van der Waals surface area contributed by atoms with Crippen LogP contribution >= 0.6 is 0 Å². The summed E-state index contributed by atoms with van der Waals surface area (Å²) >= 11 is 0. The summed E-state index contributed by atoms with van der Waals surface area (Å²) in [5.74, 6) is 0.342. The van der Waals surface area contributed by atoms with Gasteiger partial charge < -0.3 is 24.6 Å². The normalized spacial score (nSPS) is 15.3. The standard InChI is InChI=1S/C29H38N8O4/c1-18-15-37-17-22(32-26(40-8)24(37)30-18)31-25(38)19-9-10-21(20-16-34(6)33-23(19)20)36-13-11-29(5,12-14-36)35(7)27(39)41-28(2,3)4/h9-10,15-17H,11-14H2,1-8H3,(H,31,38). The molecule has 1 aromatic carbocycles. The lowest BCUT2D eigenvalue weighted by Crippen LogP contribution is -2.55. The molecule has 0 bridgehead atoms. The van der Waals surface area contributed by atoms with Crippen LogP contribution in [0.5, 0.6) is 5.88 Å². The lowest BCUT2D eigenvalue weighted by atomic mass is 9.88. The maximum Gasteiger partial charge on any atom is 0.410 e. The van der Waals surface area contributed by atoms with Crippen LogP contribution in [-0.4, -0.2) is 79.4 Å². The molecule has 12 nitrogen and oxygen atoms in total. The monoisotopic (exact) mass is 562 g/mol. The van der Waals surface area contributed by atoms with Gasteiger partial charge in [0.25, 0.3) is 11.8 Å². The molecule has 3 aromatic heterocycles. The average molecular weight is 563 g/mol. The zero-order chi connectivity index (χ0) is 29.7. The van der Waals surface area contributed by atoms with Crippen LogP contribution in [0.2, 0.25) is 0 Å². The van der Waals surface area contributed by atoms with Gasteiger partial charge in [0, 0.05) is 56.2 Å². The minimum absolute atomic E-state index is 0.312. The van der Waals surface area contributed by atoms with Crippen molar-refractivity contribution < 1.29 is 19.1 Å². The van der Waals surface area contributed by atoms with Crippen LogP contribution in [0.15, 0.2) is 30.7 Å². The van der Waals surface area contributed by atoms with E-state index in [-0.39, 0.29) is 17.5 Å². The van der Waals surface area contributed by atoms with Gasteiger partial charge in [0.15, 0.2) is 5.82 Å². The fourth-order valence-electron chi connectivity index (χ4n) is 5.25. The number of hydrogen-bond acceptors (Lipinski definition) is 8. The number of imidazole rings is 1. The third-order valence-corrected chi connectivity index (χ3v) is 7.63. The maximum absolute atomic E-state index is 13.5. The molecule has 0 atom stereocenters. The van der Waals surface area contributed by atoms with Crippen molar-refractivity contribution in [1.82, 2.24) is 29.0 Å². The van der Waals surface area contributed by atoms with Gasteiger partial charge in [0.05, 0.1) is 24.6 Å². The average Bonchev–Trinajstić information content (AvgIpc) is 3.47. The molecule has 218 valence electrons. The van der Waals surface area contributed by atoms with Crippen LogP contribution in [0, 0.1) is 6.92 Å². The molecule has 1 fully saturated rings. The van der Waals surface area contributed by atoms with Crippen molar-refractivity contribution in [3.8, 4) is 5.88 Å². The van der Waals surface area contributed by atoms with Crippen molar-refractivity contribution in [1.29, 1.82) is 0 Å². The lowest BCUT2D eigenvalue weighted by Gasteiger charge is -2.45. The number of ether oxygens (including phenoxy) is 2. The van der Waals surface area contributed by atoms with Gasteiger partial charge in [-0.15, -0.1) is 0 Å². The predicted molar refractivity (Wildman–Crippen MR) is 157 cm³/mol. The third kappa shape index (κ3) is 5.50. The van der Waals surface area contributed by atoms with E-state index in [0.29, 0.717) is 28.4 Å². The largest absolute Gasteiger partial charge is 0.478 e. The van der Waals surface area contributed by atoms with E-state index in [0.717, 1.165) is 42.7 Å². The Hall–Kier alpha value is -4.35. The molecule has 41 heavy (non-hydrogen) atoms. The van der Waals surface area contributed by atoms with Gasteiger partial charge in [-0.1, -0.05) is 0 Å². The number of anilines is 2. The van der Waals surface area contributed by atoms with Gasteiger partial charge in [-0.05, 0) is 59.6 Å². The van der Waals surface area contributed by atoms with E-state index in [1.165, 1.54) is 7.11 Å². The molecule has 0 aliphatic carbocycles. The number of carbonyl (C=O) groups excluding carboxylic acids is 2. The molecule has 2 amide bonds. The fourth-order valence-corrected chi connectivity index (χ4v) is 5.25. The van der Waals surface area contributed by atoms with Crippen LogP contribution < -0.4 is 15.0 Å². The minimum atomic E-state index is -0.546. The zero-order valence-electron chi connectivity index (χ0n) is 25.0. The Labute approximate surface area is 239 Å². The van der Waals surface area contributed by atoms with E-state index in [1.807, 2.05) is 60.3 Å². The minimum Gasteiger partial charge on any atom is -0.478 e. The second-order valence-electron chi connectivity index (χ2n) is 11.9. The third-order valence-electron chi connectivity index (χ3n) is 7.63. The number of methoxy groups -OCH3 is 1. The first-order valence-electron chi connectivity index (χ1n) is 13.7. The first kappa shape index (κ1) is 28.2. The number of hydrogen-bond donors (Lipinski definition) is 1. The van der Waals surface area contributed by atoms with Gasteiger partial charge in [-0.3, -0.25) is 13.9 Å². The van der Waals surface area contributed by atoms with Gasteiger partial charge in [0.2, 0.25) is 5.65 Å². The molecule has 1 saturated heterocycles. The predicted octanol–water partition coefficient (Wildman–Crippen LogP) is 4.41. The van der Waals surface area contributed by atoms with Crippen molar-refractivity contribution in [3.05, 3.63) is 42.0 Å². The topological polar surface area (TPSA) is 119 Å². The number of aryl methyl sites for hydroxylation is 2. The molecular formula is C29H38N8O4. The molecule has 4 aromatic rings. The number of rotatable bonds is 5.